The van der Waals surface area contributed by atoms with Crippen LogP contribution in [0, 0.1) is 13.8 Å². The SMILES string of the molecule is COc1ccc(CCN(C)C(=O)CCn2cnc3sc(C)c(C)c3c2=O)cc1OC. The molecular weight excluding hydrogens is 402 g/mol. The Bertz CT molecular complexity index is 1120. The summed E-state index contributed by atoms with van der Waals surface area (Å²) in [5, 5.41) is 0.661. The van der Waals surface area contributed by atoms with Gasteiger partial charge >= 0.3 is 0 Å². The van der Waals surface area contributed by atoms with Crippen LogP contribution in [0.5, 0.6) is 11.5 Å². The van der Waals surface area contributed by atoms with Gasteiger partial charge in [0.25, 0.3) is 5.56 Å². The second-order valence-corrected chi connectivity index (χ2v) is 8.41. The molecular formula is C22H27N3O4S. The second-order valence-electron chi connectivity index (χ2n) is 7.21. The van der Waals surface area contributed by atoms with Gasteiger partial charge in [0.2, 0.25) is 5.91 Å². The van der Waals surface area contributed by atoms with E-state index in [9.17, 15) is 9.59 Å². The number of hydrogen-bond donors (Lipinski definition) is 0. The quantitative estimate of drug-likeness (QED) is 0.550. The first-order valence-corrected chi connectivity index (χ1v) is 10.6. The third-order valence-electron chi connectivity index (χ3n) is 5.33. The zero-order valence-electron chi connectivity index (χ0n) is 18.0. The van der Waals surface area contributed by atoms with E-state index in [0.717, 1.165) is 20.8 Å². The summed E-state index contributed by atoms with van der Waals surface area (Å²) < 4.78 is 12.1. The Morgan fingerprint density at radius 1 is 1.20 bits per heavy atom. The highest BCUT2D eigenvalue weighted by atomic mass is 32.1. The first-order valence-electron chi connectivity index (χ1n) is 9.75. The molecule has 0 radical (unpaired) electrons. The Kier molecular flexibility index (Phi) is 6.77. The number of hydrogen-bond acceptors (Lipinski definition) is 6. The Hall–Kier alpha value is -2.87. The minimum absolute atomic E-state index is 0.0132. The monoisotopic (exact) mass is 429 g/mol. The summed E-state index contributed by atoms with van der Waals surface area (Å²) in [5.74, 6) is 1.34. The molecule has 7 nitrogen and oxygen atoms in total. The number of aromatic nitrogens is 2. The molecule has 0 aliphatic rings. The molecule has 0 saturated heterocycles. The van der Waals surface area contributed by atoms with Crippen molar-refractivity contribution in [2.75, 3.05) is 27.8 Å². The van der Waals surface area contributed by atoms with E-state index in [-0.39, 0.29) is 17.9 Å². The molecule has 0 saturated carbocycles. The second kappa shape index (κ2) is 9.30. The molecule has 0 aliphatic heterocycles. The predicted molar refractivity (Wildman–Crippen MR) is 119 cm³/mol. The maximum absolute atomic E-state index is 12.8. The summed E-state index contributed by atoms with van der Waals surface area (Å²) in [6.45, 7) is 4.82. The summed E-state index contributed by atoms with van der Waals surface area (Å²) in [6.07, 6.45) is 2.48. The highest BCUT2D eigenvalue weighted by Gasteiger charge is 2.14. The van der Waals surface area contributed by atoms with Gasteiger partial charge in [-0.15, -0.1) is 11.3 Å². The van der Waals surface area contributed by atoms with Crippen LogP contribution in [0.3, 0.4) is 0 Å². The Morgan fingerprint density at radius 2 is 1.93 bits per heavy atom. The normalized spacial score (nSPS) is 11.0. The Morgan fingerprint density at radius 3 is 2.63 bits per heavy atom. The van der Waals surface area contributed by atoms with E-state index in [1.807, 2.05) is 32.0 Å². The third kappa shape index (κ3) is 4.48. The van der Waals surface area contributed by atoms with Crippen molar-refractivity contribution in [1.29, 1.82) is 0 Å². The van der Waals surface area contributed by atoms with Crippen LogP contribution in [0.4, 0.5) is 0 Å². The number of ether oxygens (including phenoxy) is 2. The summed E-state index contributed by atoms with van der Waals surface area (Å²) >= 11 is 1.52. The van der Waals surface area contributed by atoms with Crippen molar-refractivity contribution < 1.29 is 14.3 Å². The van der Waals surface area contributed by atoms with Crippen molar-refractivity contribution >= 4 is 27.5 Å². The molecule has 2 heterocycles. The van der Waals surface area contributed by atoms with Crippen LogP contribution >= 0.6 is 11.3 Å². The van der Waals surface area contributed by atoms with Crippen LogP contribution in [0.15, 0.2) is 29.3 Å². The number of fused-ring (bicyclic) bond motifs is 1. The minimum Gasteiger partial charge on any atom is -0.493 e. The fourth-order valence-corrected chi connectivity index (χ4v) is 4.28. The zero-order valence-corrected chi connectivity index (χ0v) is 18.8. The highest BCUT2D eigenvalue weighted by Crippen LogP contribution is 2.28. The summed E-state index contributed by atoms with van der Waals surface area (Å²) in [6, 6.07) is 5.74. The number of benzene rings is 1. The molecule has 160 valence electrons. The topological polar surface area (TPSA) is 73.7 Å². The van der Waals surface area contributed by atoms with Gasteiger partial charge in [0, 0.05) is 31.4 Å². The van der Waals surface area contributed by atoms with Gasteiger partial charge in [0.1, 0.15) is 4.83 Å². The highest BCUT2D eigenvalue weighted by molar-refractivity contribution is 7.18. The van der Waals surface area contributed by atoms with E-state index in [1.165, 1.54) is 22.2 Å². The van der Waals surface area contributed by atoms with Gasteiger partial charge in [0.05, 0.1) is 25.9 Å². The standard InChI is InChI=1S/C22H27N3O4S/c1-14-15(2)30-21-20(14)22(27)25(13-23-21)11-9-19(26)24(3)10-8-16-6-7-17(28-4)18(12-16)29-5/h6-7,12-13H,8-11H2,1-5H3. The number of carbonyl (C=O) groups excluding carboxylic acids is 1. The average Bonchev–Trinajstić information content (AvgIpc) is 3.05. The lowest BCUT2D eigenvalue weighted by atomic mass is 10.1. The van der Waals surface area contributed by atoms with E-state index in [4.69, 9.17) is 9.47 Å². The van der Waals surface area contributed by atoms with Gasteiger partial charge in [-0.2, -0.15) is 0 Å². The number of amides is 1. The molecule has 0 atom stereocenters. The van der Waals surface area contributed by atoms with Gasteiger partial charge < -0.3 is 14.4 Å². The largest absolute Gasteiger partial charge is 0.493 e. The maximum atomic E-state index is 12.8. The molecule has 30 heavy (non-hydrogen) atoms. The van der Waals surface area contributed by atoms with Crippen LogP contribution in [-0.2, 0) is 17.8 Å². The molecule has 0 bridgehead atoms. The molecule has 1 amide bonds. The van der Waals surface area contributed by atoms with E-state index < -0.39 is 0 Å². The lowest BCUT2D eigenvalue weighted by molar-refractivity contribution is -0.130. The molecule has 0 aliphatic carbocycles. The molecule has 8 heteroatoms. The molecule has 0 unspecified atom stereocenters. The zero-order chi connectivity index (χ0) is 21.8. The molecule has 0 fully saturated rings. The van der Waals surface area contributed by atoms with E-state index in [2.05, 4.69) is 4.98 Å². The fourth-order valence-electron chi connectivity index (χ4n) is 3.29. The first-order chi connectivity index (χ1) is 14.3. The Labute approximate surface area is 179 Å². The van der Waals surface area contributed by atoms with Gasteiger partial charge in [0.15, 0.2) is 11.5 Å². The van der Waals surface area contributed by atoms with E-state index >= 15 is 0 Å². The molecule has 3 aromatic rings. The average molecular weight is 430 g/mol. The number of rotatable bonds is 8. The number of methoxy groups -OCH3 is 2. The number of nitrogens with zero attached hydrogens (tertiary/aromatic N) is 3. The van der Waals surface area contributed by atoms with Crippen LogP contribution in [0.25, 0.3) is 10.2 Å². The van der Waals surface area contributed by atoms with E-state index in [0.29, 0.717) is 36.4 Å². The Balaban J connectivity index is 1.60. The van der Waals surface area contributed by atoms with Crippen molar-refractivity contribution in [1.82, 2.24) is 14.5 Å². The first kappa shape index (κ1) is 21.8. The van der Waals surface area contributed by atoms with Crippen LogP contribution in [-0.4, -0.2) is 48.2 Å². The predicted octanol–water partition coefficient (Wildman–Crippen LogP) is 3.18. The van der Waals surface area contributed by atoms with E-state index in [1.54, 1.807) is 26.2 Å². The lowest BCUT2D eigenvalue weighted by Crippen LogP contribution is -2.31. The fraction of sp³-hybridized carbons (Fsp3) is 0.409. The summed E-state index contributed by atoms with van der Waals surface area (Å²) in [4.78, 5) is 33.2. The van der Waals surface area contributed by atoms with Crippen molar-refractivity contribution in [3.63, 3.8) is 0 Å². The van der Waals surface area contributed by atoms with Crippen molar-refractivity contribution in [3.05, 3.63) is 50.9 Å². The summed E-state index contributed by atoms with van der Waals surface area (Å²) in [5.41, 5.74) is 1.95. The number of carbonyl (C=O) groups is 1. The minimum atomic E-state index is -0.0809. The van der Waals surface area contributed by atoms with Crippen molar-refractivity contribution in [3.8, 4) is 11.5 Å². The van der Waals surface area contributed by atoms with Gasteiger partial charge in [-0.05, 0) is 43.5 Å². The molecule has 0 N–H and O–H groups in total. The van der Waals surface area contributed by atoms with Crippen LogP contribution in [0.1, 0.15) is 22.4 Å². The van der Waals surface area contributed by atoms with Crippen molar-refractivity contribution in [2.45, 2.75) is 33.2 Å². The molecule has 1 aromatic carbocycles. The number of aryl methyl sites for hydroxylation is 3. The van der Waals surface area contributed by atoms with Gasteiger partial charge in [-0.3, -0.25) is 14.2 Å². The molecule has 3 rings (SSSR count). The summed E-state index contributed by atoms with van der Waals surface area (Å²) in [7, 11) is 4.98. The lowest BCUT2D eigenvalue weighted by Gasteiger charge is -2.18. The van der Waals surface area contributed by atoms with Gasteiger partial charge in [-0.1, -0.05) is 6.07 Å². The van der Waals surface area contributed by atoms with Crippen LogP contribution < -0.4 is 15.0 Å². The smallest absolute Gasteiger partial charge is 0.262 e. The van der Waals surface area contributed by atoms with Crippen LogP contribution in [0.2, 0.25) is 0 Å². The maximum Gasteiger partial charge on any atom is 0.262 e. The van der Waals surface area contributed by atoms with Crippen molar-refractivity contribution in [2.24, 2.45) is 0 Å². The third-order valence-corrected chi connectivity index (χ3v) is 6.45. The number of likely N-dealkylation sites (N-methyl/N-ethyl adjacent to an activating group) is 1. The number of thiophene rings is 1. The molecule has 0 spiro atoms. The van der Waals surface area contributed by atoms with Gasteiger partial charge in [-0.25, -0.2) is 4.98 Å². The molecule has 2 aromatic heterocycles.